The second-order valence-corrected chi connectivity index (χ2v) is 2.79. The largest absolute Gasteiger partial charge is 0.379 e. The Balaban J connectivity index is 1.95. The molecule has 0 saturated carbocycles. The molecule has 2 heterocycles. The predicted octanol–water partition coefficient (Wildman–Crippen LogP) is -0.330. The molecule has 0 unspecified atom stereocenters. The fourth-order valence-electron chi connectivity index (χ4n) is 1.15. The molecular weight excluding hydrogens is 189 g/mol. The molecule has 1 N–H and O–H groups in total. The first-order valence-corrected chi connectivity index (χ1v) is 4.28. The van der Waals surface area contributed by atoms with Crippen molar-refractivity contribution in [3.05, 3.63) is 12.4 Å². The molecule has 14 heavy (non-hydrogen) atoms. The van der Waals surface area contributed by atoms with Gasteiger partial charge in [0.05, 0.1) is 13.2 Å². The molecular formula is C7H10FN5O. The Hall–Kier alpha value is -1.34. The first-order chi connectivity index (χ1) is 6.84. The standard InChI is InChI=1S/C7H10FN5O/c8-6-9-5-10-7(11-6)12-13-1-3-14-4-2-13/h5H,1-4H2,(H,9,10,11,12). The number of hydrogen-bond acceptors (Lipinski definition) is 6. The van der Waals surface area contributed by atoms with Crippen molar-refractivity contribution in [1.29, 1.82) is 0 Å². The van der Waals surface area contributed by atoms with Crippen molar-refractivity contribution < 1.29 is 9.13 Å². The highest BCUT2D eigenvalue weighted by Crippen LogP contribution is 2.01. The molecule has 0 spiro atoms. The topological polar surface area (TPSA) is 63.2 Å². The summed E-state index contributed by atoms with van der Waals surface area (Å²) in [5.74, 6) is 0.222. The van der Waals surface area contributed by atoms with Crippen LogP contribution in [0.25, 0.3) is 0 Å². The van der Waals surface area contributed by atoms with Crippen LogP contribution in [0.5, 0.6) is 0 Å². The van der Waals surface area contributed by atoms with Crippen LogP contribution >= 0.6 is 0 Å². The van der Waals surface area contributed by atoms with Crippen LogP contribution in [0.2, 0.25) is 0 Å². The van der Waals surface area contributed by atoms with Crippen LogP contribution in [0.4, 0.5) is 10.3 Å². The van der Waals surface area contributed by atoms with E-state index in [1.165, 1.54) is 0 Å². The van der Waals surface area contributed by atoms with Gasteiger partial charge in [-0.05, 0) is 0 Å². The molecule has 6 nitrogen and oxygen atoms in total. The van der Waals surface area contributed by atoms with E-state index in [1.54, 1.807) is 0 Å². The second kappa shape index (κ2) is 4.25. The number of anilines is 1. The first-order valence-electron chi connectivity index (χ1n) is 4.28. The average molecular weight is 199 g/mol. The lowest BCUT2D eigenvalue weighted by molar-refractivity contribution is 0.0492. The van der Waals surface area contributed by atoms with E-state index >= 15 is 0 Å². The summed E-state index contributed by atoms with van der Waals surface area (Å²) in [5, 5.41) is 1.87. The molecule has 0 amide bonds. The van der Waals surface area contributed by atoms with Crippen molar-refractivity contribution in [2.24, 2.45) is 0 Å². The van der Waals surface area contributed by atoms with Gasteiger partial charge in [-0.25, -0.2) is 9.99 Å². The Morgan fingerprint density at radius 1 is 1.36 bits per heavy atom. The van der Waals surface area contributed by atoms with E-state index in [2.05, 4.69) is 20.4 Å². The zero-order valence-corrected chi connectivity index (χ0v) is 7.48. The van der Waals surface area contributed by atoms with Gasteiger partial charge in [-0.1, -0.05) is 0 Å². The molecule has 1 aliphatic rings. The lowest BCUT2D eigenvalue weighted by Gasteiger charge is -2.26. The van der Waals surface area contributed by atoms with Crippen molar-refractivity contribution in [2.75, 3.05) is 31.7 Å². The van der Waals surface area contributed by atoms with Gasteiger partial charge >= 0.3 is 6.08 Å². The van der Waals surface area contributed by atoms with E-state index in [9.17, 15) is 4.39 Å². The number of nitrogens with zero attached hydrogens (tertiary/aromatic N) is 4. The molecule has 1 fully saturated rings. The summed E-state index contributed by atoms with van der Waals surface area (Å²) >= 11 is 0. The zero-order chi connectivity index (χ0) is 9.80. The van der Waals surface area contributed by atoms with Crippen LogP contribution in [0.3, 0.4) is 0 Å². The van der Waals surface area contributed by atoms with Crippen LogP contribution in [-0.4, -0.2) is 46.3 Å². The summed E-state index contributed by atoms with van der Waals surface area (Å²) in [7, 11) is 0. The van der Waals surface area contributed by atoms with Crippen molar-refractivity contribution in [3.8, 4) is 0 Å². The minimum absolute atomic E-state index is 0.222. The van der Waals surface area contributed by atoms with Gasteiger partial charge in [-0.2, -0.15) is 14.4 Å². The zero-order valence-electron chi connectivity index (χ0n) is 7.48. The molecule has 1 aromatic rings. The van der Waals surface area contributed by atoms with E-state index in [4.69, 9.17) is 4.74 Å². The van der Waals surface area contributed by atoms with E-state index in [0.29, 0.717) is 13.2 Å². The van der Waals surface area contributed by atoms with E-state index in [0.717, 1.165) is 19.4 Å². The maximum absolute atomic E-state index is 12.6. The third-order valence-corrected chi connectivity index (χ3v) is 1.81. The third-order valence-electron chi connectivity index (χ3n) is 1.81. The number of hydrogen-bond donors (Lipinski definition) is 1. The highest BCUT2D eigenvalue weighted by Gasteiger charge is 2.11. The van der Waals surface area contributed by atoms with Gasteiger partial charge < -0.3 is 4.74 Å². The molecule has 0 radical (unpaired) electrons. The number of morpholine rings is 1. The Kier molecular flexibility index (Phi) is 2.80. The molecule has 1 aliphatic heterocycles. The van der Waals surface area contributed by atoms with Crippen LogP contribution in [0.1, 0.15) is 0 Å². The van der Waals surface area contributed by atoms with Crippen molar-refractivity contribution >= 4 is 5.95 Å². The number of halogens is 1. The van der Waals surface area contributed by atoms with Crippen molar-refractivity contribution in [1.82, 2.24) is 20.0 Å². The predicted molar refractivity (Wildman–Crippen MR) is 45.8 cm³/mol. The Labute approximate surface area is 80.1 Å². The molecule has 0 aromatic carbocycles. The molecule has 0 aliphatic carbocycles. The molecule has 2 rings (SSSR count). The lowest BCUT2D eigenvalue weighted by Crippen LogP contribution is -2.40. The molecule has 0 bridgehead atoms. The Morgan fingerprint density at radius 2 is 2.14 bits per heavy atom. The highest BCUT2D eigenvalue weighted by molar-refractivity contribution is 5.18. The number of nitrogens with one attached hydrogen (secondary N) is 1. The number of hydrazine groups is 1. The fourth-order valence-corrected chi connectivity index (χ4v) is 1.15. The Bertz CT molecular complexity index is 304. The molecule has 7 heteroatoms. The maximum Gasteiger partial charge on any atom is 0.313 e. The fraction of sp³-hybridized carbons (Fsp3) is 0.571. The second-order valence-electron chi connectivity index (χ2n) is 2.79. The van der Waals surface area contributed by atoms with Crippen LogP contribution in [-0.2, 0) is 4.74 Å². The summed E-state index contributed by atoms with van der Waals surface area (Å²) in [4.78, 5) is 10.5. The van der Waals surface area contributed by atoms with Crippen LogP contribution in [0.15, 0.2) is 6.33 Å². The highest BCUT2D eigenvalue weighted by atomic mass is 19.1. The van der Waals surface area contributed by atoms with Gasteiger partial charge in [0.2, 0.25) is 5.95 Å². The summed E-state index contributed by atoms with van der Waals surface area (Å²) in [5.41, 5.74) is 2.87. The summed E-state index contributed by atoms with van der Waals surface area (Å²) in [6, 6.07) is 0. The number of ether oxygens (including phenoxy) is 1. The normalized spacial score (nSPS) is 18.1. The maximum atomic E-state index is 12.6. The Morgan fingerprint density at radius 3 is 2.86 bits per heavy atom. The van der Waals surface area contributed by atoms with Gasteiger partial charge in [0.1, 0.15) is 6.33 Å². The van der Waals surface area contributed by atoms with Crippen LogP contribution in [0, 0.1) is 6.08 Å². The summed E-state index contributed by atoms with van der Waals surface area (Å²) in [6.45, 7) is 2.77. The minimum atomic E-state index is -0.782. The number of rotatable bonds is 2. The average Bonchev–Trinajstić information content (AvgIpc) is 2.19. The third kappa shape index (κ3) is 2.33. The lowest BCUT2D eigenvalue weighted by atomic mass is 10.5. The molecule has 76 valence electrons. The quantitative estimate of drug-likeness (QED) is 0.703. The molecule has 0 atom stereocenters. The van der Waals surface area contributed by atoms with E-state index in [-0.39, 0.29) is 5.95 Å². The minimum Gasteiger partial charge on any atom is -0.379 e. The molecule has 1 saturated heterocycles. The summed E-state index contributed by atoms with van der Waals surface area (Å²) < 4.78 is 17.7. The summed E-state index contributed by atoms with van der Waals surface area (Å²) in [6.07, 6.45) is 0.348. The number of aromatic nitrogens is 3. The molecule has 1 aromatic heterocycles. The van der Waals surface area contributed by atoms with Gasteiger partial charge in [0.25, 0.3) is 0 Å². The van der Waals surface area contributed by atoms with E-state index in [1.807, 2.05) is 5.01 Å². The van der Waals surface area contributed by atoms with E-state index < -0.39 is 6.08 Å². The monoisotopic (exact) mass is 199 g/mol. The van der Waals surface area contributed by atoms with Crippen molar-refractivity contribution in [2.45, 2.75) is 0 Å². The van der Waals surface area contributed by atoms with Gasteiger partial charge in [-0.3, -0.25) is 5.43 Å². The van der Waals surface area contributed by atoms with Gasteiger partial charge in [-0.15, -0.1) is 0 Å². The van der Waals surface area contributed by atoms with Crippen molar-refractivity contribution in [3.63, 3.8) is 0 Å². The first kappa shape index (κ1) is 9.22. The van der Waals surface area contributed by atoms with Gasteiger partial charge in [0.15, 0.2) is 0 Å². The smallest absolute Gasteiger partial charge is 0.313 e. The van der Waals surface area contributed by atoms with Gasteiger partial charge in [0, 0.05) is 13.1 Å². The van der Waals surface area contributed by atoms with Crippen LogP contribution < -0.4 is 5.43 Å². The SMILES string of the molecule is Fc1ncnc(NN2CCOCC2)n1.